The highest BCUT2D eigenvalue weighted by molar-refractivity contribution is 7.89. The molecule has 0 bridgehead atoms. The van der Waals surface area contributed by atoms with Gasteiger partial charge in [0.25, 0.3) is 0 Å². The predicted octanol–water partition coefficient (Wildman–Crippen LogP) is 0.825. The number of amides is 1. The number of hydrogen-bond acceptors (Lipinski definition) is 4. The second-order valence-corrected chi connectivity index (χ2v) is 7.26. The van der Waals surface area contributed by atoms with E-state index in [2.05, 4.69) is 10.6 Å². The molecule has 2 rings (SSSR count). The molecule has 0 radical (unpaired) electrons. The highest BCUT2D eigenvalue weighted by Gasteiger charge is 2.06. The van der Waals surface area contributed by atoms with E-state index in [-0.39, 0.29) is 17.3 Å². The topological polar surface area (TPSA) is 101 Å². The molecule has 0 aliphatic rings. The van der Waals surface area contributed by atoms with Crippen molar-refractivity contribution < 1.29 is 13.2 Å². The van der Waals surface area contributed by atoms with Crippen molar-refractivity contribution in [2.75, 3.05) is 19.6 Å². The molecule has 0 aliphatic heterocycles. The highest BCUT2D eigenvalue weighted by Crippen LogP contribution is 2.08. The first kappa shape index (κ1) is 19.1. The molecule has 0 aromatic heterocycles. The fraction of sp³-hybridized carbons (Fsp3) is 0.278. The van der Waals surface area contributed by atoms with Crippen LogP contribution in [0.15, 0.2) is 59.5 Å². The summed E-state index contributed by atoms with van der Waals surface area (Å²) in [5.74, 6) is -0.0412. The third-order valence-electron chi connectivity index (χ3n) is 3.71. The van der Waals surface area contributed by atoms with Crippen molar-refractivity contribution in [2.45, 2.75) is 17.7 Å². The van der Waals surface area contributed by atoms with Crippen LogP contribution in [0.2, 0.25) is 0 Å². The van der Waals surface area contributed by atoms with E-state index in [0.29, 0.717) is 19.5 Å². The highest BCUT2D eigenvalue weighted by atomic mass is 32.2. The first-order chi connectivity index (χ1) is 11.9. The van der Waals surface area contributed by atoms with Crippen LogP contribution in [0.25, 0.3) is 0 Å². The summed E-state index contributed by atoms with van der Waals surface area (Å²) in [6.07, 6.45) is 1.51. The Balaban J connectivity index is 1.61. The number of nitrogens with one attached hydrogen (secondary N) is 2. The van der Waals surface area contributed by atoms with Gasteiger partial charge in [0.1, 0.15) is 0 Å². The lowest BCUT2D eigenvalue weighted by atomic mass is 10.1. The molecule has 0 saturated heterocycles. The van der Waals surface area contributed by atoms with Crippen molar-refractivity contribution in [3.63, 3.8) is 0 Å². The summed E-state index contributed by atoms with van der Waals surface area (Å²) < 4.78 is 22.4. The van der Waals surface area contributed by atoms with Gasteiger partial charge in [0, 0.05) is 6.54 Å². The Bertz CT molecular complexity index is 775. The van der Waals surface area contributed by atoms with Crippen LogP contribution in [-0.4, -0.2) is 34.0 Å². The van der Waals surface area contributed by atoms with Gasteiger partial charge in [0.05, 0.1) is 11.4 Å². The lowest BCUT2D eigenvalue weighted by molar-refractivity contribution is -0.120. The minimum Gasteiger partial charge on any atom is -0.355 e. The van der Waals surface area contributed by atoms with Crippen LogP contribution in [-0.2, 0) is 27.7 Å². The maximum absolute atomic E-state index is 11.7. The van der Waals surface area contributed by atoms with Crippen LogP contribution >= 0.6 is 0 Å². The van der Waals surface area contributed by atoms with Gasteiger partial charge < -0.3 is 10.6 Å². The Morgan fingerprint density at radius 1 is 0.880 bits per heavy atom. The number of sulfonamides is 1. The van der Waals surface area contributed by atoms with Gasteiger partial charge in [0.2, 0.25) is 15.9 Å². The van der Waals surface area contributed by atoms with Crippen LogP contribution in [0.1, 0.15) is 11.1 Å². The Labute approximate surface area is 148 Å². The summed E-state index contributed by atoms with van der Waals surface area (Å²) in [7, 11) is -3.65. The van der Waals surface area contributed by atoms with Gasteiger partial charge in [-0.2, -0.15) is 0 Å². The van der Waals surface area contributed by atoms with E-state index >= 15 is 0 Å². The Kier molecular flexibility index (Phi) is 7.12. The summed E-state index contributed by atoms with van der Waals surface area (Å²) in [6, 6.07) is 16.4. The average molecular weight is 361 g/mol. The molecular weight excluding hydrogens is 338 g/mol. The average Bonchev–Trinajstić information content (AvgIpc) is 2.59. The Morgan fingerprint density at radius 3 is 2.12 bits per heavy atom. The molecule has 6 nitrogen and oxygen atoms in total. The quantitative estimate of drug-likeness (QED) is 0.576. The van der Waals surface area contributed by atoms with Gasteiger partial charge >= 0.3 is 0 Å². The number of benzene rings is 2. The number of rotatable bonds is 9. The zero-order valence-electron chi connectivity index (χ0n) is 13.9. The summed E-state index contributed by atoms with van der Waals surface area (Å²) in [4.78, 5) is 11.8. The number of carbonyl (C=O) groups excluding carboxylic acids is 1. The smallest absolute Gasteiger partial charge is 0.238 e. The second-order valence-electron chi connectivity index (χ2n) is 5.70. The zero-order valence-corrected chi connectivity index (χ0v) is 14.8. The first-order valence-corrected chi connectivity index (χ1v) is 9.63. The van der Waals surface area contributed by atoms with Crippen LogP contribution in [0.3, 0.4) is 0 Å². The molecule has 4 N–H and O–H groups in total. The molecule has 25 heavy (non-hydrogen) atoms. The van der Waals surface area contributed by atoms with Gasteiger partial charge in [-0.25, -0.2) is 13.6 Å². The third kappa shape index (κ3) is 7.04. The maximum Gasteiger partial charge on any atom is 0.238 e. The van der Waals surface area contributed by atoms with Crippen molar-refractivity contribution in [3.05, 3.63) is 65.7 Å². The predicted molar refractivity (Wildman–Crippen MR) is 97.5 cm³/mol. The Morgan fingerprint density at radius 2 is 1.48 bits per heavy atom. The minimum atomic E-state index is -3.65. The Hall–Kier alpha value is -2.22. The van der Waals surface area contributed by atoms with E-state index in [9.17, 15) is 13.2 Å². The summed E-state index contributed by atoms with van der Waals surface area (Å²) in [5.41, 5.74) is 2.17. The molecule has 0 heterocycles. The number of nitrogens with two attached hydrogens (primary N) is 1. The fourth-order valence-electron chi connectivity index (χ4n) is 2.33. The van der Waals surface area contributed by atoms with Gasteiger partial charge in [-0.3, -0.25) is 4.79 Å². The molecule has 134 valence electrons. The molecule has 7 heteroatoms. The fourth-order valence-corrected chi connectivity index (χ4v) is 2.85. The summed E-state index contributed by atoms with van der Waals surface area (Å²) >= 11 is 0. The first-order valence-electron chi connectivity index (χ1n) is 8.08. The van der Waals surface area contributed by atoms with Gasteiger partial charge in [-0.1, -0.05) is 42.5 Å². The molecular formula is C18H23N3O3S. The molecule has 1 amide bonds. The SMILES string of the molecule is NS(=O)(=O)c1ccc(CCNCC(=O)NCCc2ccccc2)cc1. The molecule has 0 fully saturated rings. The van der Waals surface area contributed by atoms with Crippen LogP contribution in [0, 0.1) is 0 Å². The zero-order chi connectivity index (χ0) is 18.1. The van der Waals surface area contributed by atoms with E-state index < -0.39 is 10.0 Å². The van der Waals surface area contributed by atoms with Crippen LogP contribution in [0.4, 0.5) is 0 Å². The third-order valence-corrected chi connectivity index (χ3v) is 4.64. The monoisotopic (exact) mass is 361 g/mol. The number of hydrogen-bond donors (Lipinski definition) is 3. The normalized spacial score (nSPS) is 11.2. The summed E-state index contributed by atoms with van der Waals surface area (Å²) in [5, 5.41) is 11.0. The van der Waals surface area contributed by atoms with Gasteiger partial charge in [-0.05, 0) is 42.6 Å². The van der Waals surface area contributed by atoms with Crippen molar-refractivity contribution in [1.29, 1.82) is 0 Å². The van der Waals surface area contributed by atoms with Crippen molar-refractivity contribution in [1.82, 2.24) is 10.6 Å². The maximum atomic E-state index is 11.7. The largest absolute Gasteiger partial charge is 0.355 e. The van der Waals surface area contributed by atoms with Crippen molar-refractivity contribution in [2.24, 2.45) is 5.14 Å². The minimum absolute atomic E-state index is 0.0412. The van der Waals surface area contributed by atoms with Gasteiger partial charge in [0.15, 0.2) is 0 Å². The van der Waals surface area contributed by atoms with Crippen LogP contribution < -0.4 is 15.8 Å². The molecule has 0 saturated carbocycles. The van der Waals surface area contributed by atoms with E-state index in [0.717, 1.165) is 12.0 Å². The molecule has 0 aliphatic carbocycles. The van der Waals surface area contributed by atoms with E-state index in [4.69, 9.17) is 5.14 Å². The number of primary sulfonamides is 1. The van der Waals surface area contributed by atoms with Gasteiger partial charge in [-0.15, -0.1) is 0 Å². The molecule has 2 aromatic carbocycles. The molecule has 0 unspecified atom stereocenters. The molecule has 0 spiro atoms. The standard InChI is InChI=1S/C18H23N3O3S/c19-25(23,24)17-8-6-16(7-9-17)10-12-20-14-18(22)21-13-11-15-4-2-1-3-5-15/h1-9,20H,10-14H2,(H,21,22)(H2,19,23,24). The molecule has 2 aromatic rings. The lowest BCUT2D eigenvalue weighted by Crippen LogP contribution is -2.35. The van der Waals surface area contributed by atoms with Crippen molar-refractivity contribution in [3.8, 4) is 0 Å². The number of carbonyl (C=O) groups is 1. The van der Waals surface area contributed by atoms with Crippen LogP contribution in [0.5, 0.6) is 0 Å². The van der Waals surface area contributed by atoms with E-state index in [1.54, 1.807) is 12.1 Å². The van der Waals surface area contributed by atoms with Crippen molar-refractivity contribution >= 4 is 15.9 Å². The lowest BCUT2D eigenvalue weighted by Gasteiger charge is -2.07. The van der Waals surface area contributed by atoms with E-state index in [1.807, 2.05) is 30.3 Å². The second kappa shape index (κ2) is 9.31. The molecule has 0 atom stereocenters. The summed E-state index contributed by atoms with van der Waals surface area (Å²) in [6.45, 7) is 1.49. The van der Waals surface area contributed by atoms with E-state index in [1.165, 1.54) is 17.7 Å².